The zero-order valence-electron chi connectivity index (χ0n) is 19.4. The van der Waals surface area contributed by atoms with E-state index >= 15 is 0 Å². The predicted octanol–water partition coefficient (Wildman–Crippen LogP) is 4.87. The lowest BCUT2D eigenvalue weighted by Crippen LogP contribution is -2.44. The van der Waals surface area contributed by atoms with E-state index in [1.165, 1.54) is 10.2 Å². The number of benzene rings is 2. The molecule has 6 nitrogen and oxygen atoms in total. The van der Waals surface area contributed by atoms with Gasteiger partial charge in [-0.3, -0.25) is 4.79 Å². The fourth-order valence-corrected chi connectivity index (χ4v) is 6.91. The largest absolute Gasteiger partial charge is 0.385 e. The number of hydrogen-bond donors (Lipinski definition) is 1. The predicted molar refractivity (Wildman–Crippen MR) is 138 cm³/mol. The number of aldehydes is 1. The van der Waals surface area contributed by atoms with Gasteiger partial charge < -0.3 is 10.0 Å². The molecule has 8 heteroatoms. The molecule has 35 heavy (non-hydrogen) atoms. The molecule has 0 radical (unpaired) electrons. The average molecular weight is 511 g/mol. The minimum atomic E-state index is -3.88. The van der Waals surface area contributed by atoms with E-state index in [0.29, 0.717) is 60.1 Å². The number of allylic oxidation sites excluding steroid dienone is 2. The number of aliphatic hydroxyl groups is 1. The number of carbonyl (C=O) groups is 1. The van der Waals surface area contributed by atoms with Crippen LogP contribution in [0, 0.1) is 0 Å². The highest BCUT2D eigenvalue weighted by atomic mass is 35.5. The lowest BCUT2D eigenvalue weighted by molar-refractivity contribution is -0.0180. The molecule has 1 N–H and O–H groups in total. The molecule has 0 bridgehead atoms. The molecular formula is C27H27ClN2O4S. The number of nitrogens with zero attached hydrogens (tertiary/aromatic N) is 2. The second-order valence-electron chi connectivity index (χ2n) is 9.53. The summed E-state index contributed by atoms with van der Waals surface area (Å²) in [6, 6.07) is 14.3. The van der Waals surface area contributed by atoms with Crippen LogP contribution in [0.2, 0.25) is 5.02 Å². The molecule has 1 atom stereocenters. The van der Waals surface area contributed by atoms with Crippen molar-refractivity contribution < 1.29 is 18.3 Å². The summed E-state index contributed by atoms with van der Waals surface area (Å²) in [5, 5.41) is 12.5. The van der Waals surface area contributed by atoms with Crippen LogP contribution < -0.4 is 0 Å². The molecule has 0 spiro atoms. The maximum absolute atomic E-state index is 13.9. The van der Waals surface area contributed by atoms with E-state index in [1.54, 1.807) is 43.3 Å². The Balaban J connectivity index is 1.43. The van der Waals surface area contributed by atoms with Crippen LogP contribution in [-0.4, -0.2) is 46.5 Å². The number of piperidine rings is 1. The molecule has 1 fully saturated rings. The van der Waals surface area contributed by atoms with Gasteiger partial charge in [0.25, 0.3) is 0 Å². The Bertz CT molecular complexity index is 1450. The highest BCUT2D eigenvalue weighted by Crippen LogP contribution is 2.38. The molecule has 182 valence electrons. The molecule has 1 unspecified atom stereocenters. The molecule has 1 saturated heterocycles. The topological polar surface area (TPSA) is 79.6 Å². The van der Waals surface area contributed by atoms with Gasteiger partial charge >= 0.3 is 0 Å². The average Bonchev–Trinajstić information content (AvgIpc) is 3.24. The van der Waals surface area contributed by atoms with Crippen LogP contribution in [0.15, 0.2) is 78.7 Å². The van der Waals surface area contributed by atoms with E-state index in [2.05, 4.69) is 4.90 Å². The number of rotatable bonds is 5. The molecule has 1 aliphatic carbocycles. The van der Waals surface area contributed by atoms with Gasteiger partial charge in [-0.1, -0.05) is 48.0 Å². The highest BCUT2D eigenvalue weighted by Gasteiger charge is 2.42. The van der Waals surface area contributed by atoms with Crippen molar-refractivity contribution in [2.45, 2.75) is 36.5 Å². The molecule has 2 aromatic carbocycles. The van der Waals surface area contributed by atoms with E-state index in [9.17, 15) is 18.3 Å². The minimum absolute atomic E-state index is 0.324. The lowest BCUT2D eigenvalue weighted by atomic mass is 9.84. The van der Waals surface area contributed by atoms with Gasteiger partial charge in [-0.25, -0.2) is 12.4 Å². The second kappa shape index (κ2) is 8.66. The number of halogens is 1. The van der Waals surface area contributed by atoms with Gasteiger partial charge in [-0.05, 0) is 62.1 Å². The van der Waals surface area contributed by atoms with Gasteiger partial charge in [-0.2, -0.15) is 0 Å². The summed E-state index contributed by atoms with van der Waals surface area (Å²) in [7, 11) is -3.88. The van der Waals surface area contributed by atoms with Gasteiger partial charge in [0.2, 0.25) is 10.0 Å². The Hall–Kier alpha value is -2.87. The summed E-state index contributed by atoms with van der Waals surface area (Å²) in [6.45, 7) is 2.90. The second-order valence-corrected chi connectivity index (χ2v) is 12.2. The van der Waals surface area contributed by atoms with Gasteiger partial charge in [-0.15, -0.1) is 0 Å². The quantitative estimate of drug-likeness (QED) is 0.495. The van der Waals surface area contributed by atoms with E-state index in [4.69, 9.17) is 11.6 Å². The standard InChI is InChI=1S/C27H27ClN2O4S/c1-26(35(33,34)30-18-20(19-31)24-6-2-3-7-25(24)30)12-4-5-23(17-26)29-15-13-27(32,14-16-29)21-8-10-22(28)11-9-21/h2-11,17-19,32H,12-16H2,1H3. The van der Waals surface area contributed by atoms with Gasteiger partial charge in [0.05, 0.1) is 11.1 Å². The fourth-order valence-electron chi connectivity index (χ4n) is 5.09. The summed E-state index contributed by atoms with van der Waals surface area (Å²) in [5.41, 5.74) is 1.57. The molecule has 1 aliphatic heterocycles. The number of aromatic nitrogens is 1. The van der Waals surface area contributed by atoms with Crippen LogP contribution in [0.4, 0.5) is 0 Å². The number of para-hydroxylation sites is 1. The Morgan fingerprint density at radius 3 is 2.43 bits per heavy atom. The van der Waals surface area contributed by atoms with Crippen molar-refractivity contribution in [1.82, 2.24) is 8.87 Å². The maximum atomic E-state index is 13.9. The summed E-state index contributed by atoms with van der Waals surface area (Å²) in [5.74, 6) is 0. The zero-order valence-corrected chi connectivity index (χ0v) is 21.0. The molecule has 5 rings (SSSR count). The molecule has 2 heterocycles. The first-order valence-electron chi connectivity index (χ1n) is 11.6. The molecule has 1 aromatic heterocycles. The summed E-state index contributed by atoms with van der Waals surface area (Å²) >= 11 is 6.00. The third-order valence-corrected chi connectivity index (χ3v) is 9.82. The van der Waals surface area contributed by atoms with E-state index < -0.39 is 20.4 Å². The molecular weight excluding hydrogens is 484 g/mol. The van der Waals surface area contributed by atoms with Gasteiger partial charge in [0.15, 0.2) is 6.29 Å². The Morgan fingerprint density at radius 1 is 1.06 bits per heavy atom. The van der Waals surface area contributed by atoms with Crippen molar-refractivity contribution in [1.29, 1.82) is 0 Å². The van der Waals surface area contributed by atoms with E-state index in [1.807, 2.05) is 30.4 Å². The summed E-state index contributed by atoms with van der Waals surface area (Å²) < 4.78 is 27.8. The number of likely N-dealkylation sites (tertiary alicyclic amines) is 1. The number of hydrogen-bond acceptors (Lipinski definition) is 5. The van der Waals surface area contributed by atoms with Crippen LogP contribution in [0.1, 0.15) is 42.1 Å². The van der Waals surface area contributed by atoms with Gasteiger partial charge in [0.1, 0.15) is 4.75 Å². The van der Waals surface area contributed by atoms with Crippen molar-refractivity contribution in [2.75, 3.05) is 13.1 Å². The SMILES string of the molecule is CC1(S(=O)(=O)n2cc(C=O)c3ccccc32)C=C(N2CCC(O)(c3ccc(Cl)cc3)CC2)C=CC1. The van der Waals surface area contributed by atoms with E-state index in [-0.39, 0.29) is 0 Å². The van der Waals surface area contributed by atoms with Crippen LogP contribution in [0.5, 0.6) is 0 Å². The van der Waals surface area contributed by atoms with Crippen molar-refractivity contribution >= 4 is 38.8 Å². The third-order valence-electron chi connectivity index (χ3n) is 7.29. The molecule has 2 aliphatic rings. The van der Waals surface area contributed by atoms with Crippen LogP contribution in [0.3, 0.4) is 0 Å². The van der Waals surface area contributed by atoms with Crippen molar-refractivity contribution in [3.05, 3.63) is 94.8 Å². The summed E-state index contributed by atoms with van der Waals surface area (Å²) in [6.07, 6.45) is 9.12. The van der Waals surface area contributed by atoms with Crippen molar-refractivity contribution in [3.8, 4) is 0 Å². The Morgan fingerprint density at radius 2 is 1.74 bits per heavy atom. The van der Waals surface area contributed by atoms with Crippen molar-refractivity contribution in [3.63, 3.8) is 0 Å². The van der Waals surface area contributed by atoms with Crippen LogP contribution >= 0.6 is 11.6 Å². The zero-order chi connectivity index (χ0) is 24.8. The third kappa shape index (κ3) is 4.01. The normalized spacial score (nSPS) is 22.3. The number of fused-ring (bicyclic) bond motifs is 1. The molecule has 0 saturated carbocycles. The smallest absolute Gasteiger partial charge is 0.248 e. The minimum Gasteiger partial charge on any atom is -0.385 e. The maximum Gasteiger partial charge on any atom is 0.248 e. The fraction of sp³-hybridized carbons (Fsp3) is 0.296. The molecule has 3 aromatic rings. The highest BCUT2D eigenvalue weighted by molar-refractivity contribution is 7.91. The first kappa shape index (κ1) is 23.9. The molecule has 0 amide bonds. The van der Waals surface area contributed by atoms with Gasteiger partial charge in [0, 0.05) is 41.0 Å². The van der Waals surface area contributed by atoms with E-state index in [0.717, 1.165) is 11.3 Å². The Kier molecular flexibility index (Phi) is 5.90. The first-order valence-corrected chi connectivity index (χ1v) is 13.4. The van der Waals surface area contributed by atoms with Crippen LogP contribution in [-0.2, 0) is 15.6 Å². The van der Waals surface area contributed by atoms with Crippen molar-refractivity contribution in [2.24, 2.45) is 0 Å². The Labute approximate surface area is 210 Å². The van der Waals surface area contributed by atoms with Crippen LogP contribution in [0.25, 0.3) is 10.9 Å². The summed E-state index contributed by atoms with van der Waals surface area (Å²) in [4.78, 5) is 13.7. The number of carbonyl (C=O) groups excluding carboxylic acids is 1. The first-order chi connectivity index (χ1) is 16.7. The lowest BCUT2D eigenvalue weighted by Gasteiger charge is -2.41. The monoisotopic (exact) mass is 510 g/mol.